The first-order chi connectivity index (χ1) is 38.9. The third-order valence-corrected chi connectivity index (χ3v) is 19.0. The maximum atomic E-state index is 7.06. The molecule has 3 heterocycles. The minimum Gasteiger partial charge on any atom is -0.455 e. The van der Waals surface area contributed by atoms with Crippen LogP contribution in [0, 0.1) is 6.92 Å². The van der Waals surface area contributed by atoms with E-state index in [4.69, 9.17) is 8.83 Å². The number of aryl methyl sites for hydroxylation is 1. The van der Waals surface area contributed by atoms with Gasteiger partial charge in [-0.2, -0.15) is 0 Å². The molecule has 11 aromatic carbocycles. The van der Waals surface area contributed by atoms with E-state index >= 15 is 0 Å². The Balaban J connectivity index is 0.920. The summed E-state index contributed by atoms with van der Waals surface area (Å²) in [6.07, 6.45) is 0. The fourth-order valence-electron chi connectivity index (χ4n) is 15.2. The molecule has 3 aliphatic carbocycles. The van der Waals surface area contributed by atoms with Crippen LogP contribution in [0.1, 0.15) is 80.5 Å². The van der Waals surface area contributed by atoms with Gasteiger partial charge in [0.1, 0.15) is 22.3 Å². The van der Waals surface area contributed by atoms with E-state index in [0.717, 1.165) is 72.5 Å². The summed E-state index contributed by atoms with van der Waals surface area (Å²) in [5.41, 5.74) is 28.7. The van der Waals surface area contributed by atoms with Gasteiger partial charge in [0, 0.05) is 82.4 Å². The number of furan rings is 2. The van der Waals surface area contributed by atoms with Crippen LogP contribution in [-0.2, 0) is 16.2 Å². The summed E-state index contributed by atoms with van der Waals surface area (Å²) in [4.78, 5) is 2.53. The molecule has 382 valence electrons. The summed E-state index contributed by atoms with van der Waals surface area (Å²) < 4.78 is 16.4. The van der Waals surface area contributed by atoms with Crippen LogP contribution in [0.4, 0.5) is 17.1 Å². The maximum Gasteiger partial charge on any atom is 0.144 e. The lowest BCUT2D eigenvalue weighted by Gasteiger charge is -2.32. The van der Waals surface area contributed by atoms with Crippen molar-refractivity contribution in [1.82, 2.24) is 4.57 Å². The number of hydrogen-bond acceptors (Lipinski definition) is 3. The van der Waals surface area contributed by atoms with Crippen molar-refractivity contribution in [2.45, 2.75) is 64.7 Å². The number of anilines is 3. The Hall–Kier alpha value is -9.38. The summed E-state index contributed by atoms with van der Waals surface area (Å²) in [7, 11) is 0. The van der Waals surface area contributed by atoms with Crippen LogP contribution in [0.25, 0.3) is 116 Å². The summed E-state index contributed by atoms with van der Waals surface area (Å²) >= 11 is 0. The van der Waals surface area contributed by atoms with Gasteiger partial charge in [0.25, 0.3) is 0 Å². The third-order valence-electron chi connectivity index (χ3n) is 19.0. The molecule has 0 amide bonds. The number of rotatable bonds is 5. The highest BCUT2D eigenvalue weighted by atomic mass is 16.3. The fourth-order valence-corrected chi connectivity index (χ4v) is 15.2. The van der Waals surface area contributed by atoms with E-state index in [-0.39, 0.29) is 16.2 Å². The van der Waals surface area contributed by atoms with Crippen molar-refractivity contribution >= 4 is 82.7 Å². The molecule has 14 aromatic rings. The number of aromatic nitrogens is 1. The van der Waals surface area contributed by atoms with Crippen LogP contribution in [0.15, 0.2) is 221 Å². The number of benzene rings is 11. The van der Waals surface area contributed by atoms with Gasteiger partial charge in [-0.25, -0.2) is 0 Å². The monoisotopic (exact) mass is 1030 g/mol. The minimum atomic E-state index is -0.374. The lowest BCUT2D eigenvalue weighted by molar-refractivity contribution is 0.600. The molecule has 3 aliphatic rings. The van der Waals surface area contributed by atoms with E-state index in [1.807, 2.05) is 0 Å². The van der Waals surface area contributed by atoms with Crippen LogP contribution < -0.4 is 4.90 Å². The number of para-hydroxylation sites is 4. The van der Waals surface area contributed by atoms with Crippen LogP contribution in [0.5, 0.6) is 0 Å². The Morgan fingerprint density at radius 3 is 1.61 bits per heavy atom. The van der Waals surface area contributed by atoms with E-state index in [9.17, 15) is 0 Å². The van der Waals surface area contributed by atoms with Gasteiger partial charge in [0.2, 0.25) is 0 Å². The molecule has 4 nitrogen and oxygen atoms in total. The van der Waals surface area contributed by atoms with Crippen molar-refractivity contribution in [3.8, 4) is 50.2 Å². The first kappa shape index (κ1) is 45.6. The minimum absolute atomic E-state index is 0.256. The van der Waals surface area contributed by atoms with Crippen molar-refractivity contribution in [3.63, 3.8) is 0 Å². The Kier molecular flexibility index (Phi) is 8.94. The van der Waals surface area contributed by atoms with Crippen molar-refractivity contribution in [2.75, 3.05) is 4.90 Å². The molecule has 0 unspecified atom stereocenters. The summed E-state index contributed by atoms with van der Waals surface area (Å²) in [5, 5.41) is 7.15. The van der Waals surface area contributed by atoms with Gasteiger partial charge in [-0.15, -0.1) is 0 Å². The molecular weight excluding hydrogens is 973 g/mol. The molecule has 4 heteroatoms. The van der Waals surface area contributed by atoms with Gasteiger partial charge in [-0.05, 0) is 146 Å². The second-order valence-electron chi connectivity index (χ2n) is 24.4. The average Bonchev–Trinajstić information content (AvgIpc) is 3.15. The van der Waals surface area contributed by atoms with Crippen LogP contribution >= 0.6 is 0 Å². The molecule has 17 rings (SSSR count). The van der Waals surface area contributed by atoms with Gasteiger partial charge < -0.3 is 18.3 Å². The molecule has 0 saturated heterocycles. The number of fused-ring (bicyclic) bond motifs is 22. The summed E-state index contributed by atoms with van der Waals surface area (Å²) in [6.45, 7) is 16.7. The molecule has 0 radical (unpaired) electrons. The molecule has 0 spiro atoms. The largest absolute Gasteiger partial charge is 0.455 e. The first-order valence-corrected chi connectivity index (χ1v) is 28.2. The molecule has 0 fully saturated rings. The summed E-state index contributed by atoms with van der Waals surface area (Å²) in [5.74, 6) is 0. The second kappa shape index (κ2) is 15.7. The van der Waals surface area contributed by atoms with Crippen molar-refractivity contribution in [2.24, 2.45) is 0 Å². The molecule has 80 heavy (non-hydrogen) atoms. The van der Waals surface area contributed by atoms with Gasteiger partial charge >= 0.3 is 0 Å². The molecule has 3 aromatic heterocycles. The number of nitrogens with zero attached hydrogens (tertiary/aromatic N) is 2. The zero-order valence-electron chi connectivity index (χ0n) is 45.9. The van der Waals surface area contributed by atoms with E-state index in [2.05, 4.69) is 270 Å². The van der Waals surface area contributed by atoms with E-state index in [1.54, 1.807) is 0 Å². The quantitative estimate of drug-likeness (QED) is 0.172. The Labute approximate surface area is 464 Å². The van der Waals surface area contributed by atoms with Gasteiger partial charge in [0.15, 0.2) is 0 Å². The SMILES string of the molecule is Cc1ccc(-c2cc3c(c4c2oc2ccccc24)-c2ccc(N(c4ccc5c(c4)C(C)(C)c4c6c(c7oc8ccccc8c7c4-5)-c4ccccc4C6(C)C)c4ccc5c6ccccc6n(-c6ccccc6)c5c4)cc2C3(C)C)cc1. The zero-order chi connectivity index (χ0) is 53.7. The molecule has 0 bridgehead atoms. The second-order valence-corrected chi connectivity index (χ2v) is 24.4. The topological polar surface area (TPSA) is 34.5 Å². The number of hydrogen-bond donors (Lipinski definition) is 0. The van der Waals surface area contributed by atoms with Gasteiger partial charge in [-0.1, -0.05) is 187 Å². The van der Waals surface area contributed by atoms with Crippen LogP contribution in [0.2, 0.25) is 0 Å². The van der Waals surface area contributed by atoms with Crippen molar-refractivity contribution in [1.29, 1.82) is 0 Å². The Morgan fingerprint density at radius 1 is 0.362 bits per heavy atom. The van der Waals surface area contributed by atoms with E-state index in [1.165, 1.54) is 99.4 Å². The molecule has 0 aliphatic heterocycles. The standard InChI is InChI=1S/C76H56N2O2/c1-43-29-31-44(32-30-43)56-42-60-65(67-54-23-13-17-27-63(54)79-72(56)67)52-37-34-46(39-58(52)74(60,2)3)77(48-33-36-50-49-21-12-16-26-61(49)78(62(50)41-48)45-19-9-8-10-20-45)47-35-38-53-59(40-47)76(6,7)70-66(53)68-55-24-14-18-28-64(55)80-73(68)69-51-22-11-15-25-57(51)75(4,5)71(69)70/h8-42H,1-7H3. The Morgan fingerprint density at radius 2 is 0.887 bits per heavy atom. The molecule has 0 atom stereocenters. The molecule has 0 saturated carbocycles. The smallest absolute Gasteiger partial charge is 0.144 e. The van der Waals surface area contributed by atoms with Gasteiger partial charge in [0.05, 0.1) is 11.0 Å². The van der Waals surface area contributed by atoms with Crippen molar-refractivity contribution < 1.29 is 8.83 Å². The highest BCUT2D eigenvalue weighted by molar-refractivity contribution is 6.22. The lowest BCUT2D eigenvalue weighted by atomic mass is 9.72. The highest BCUT2D eigenvalue weighted by Crippen LogP contribution is 2.64. The Bertz CT molecular complexity index is 5040. The van der Waals surface area contributed by atoms with Gasteiger partial charge in [-0.3, -0.25) is 0 Å². The predicted octanol–water partition coefficient (Wildman–Crippen LogP) is 20.9. The maximum absolute atomic E-state index is 7.06. The molecular formula is C76H56N2O2. The summed E-state index contributed by atoms with van der Waals surface area (Å²) in [6, 6.07) is 78.9. The normalized spacial score (nSPS) is 15.0. The van der Waals surface area contributed by atoms with Crippen molar-refractivity contribution in [3.05, 3.63) is 251 Å². The fraction of sp³-hybridized carbons (Fsp3) is 0.132. The average molecular weight is 1030 g/mol. The first-order valence-electron chi connectivity index (χ1n) is 28.2. The van der Waals surface area contributed by atoms with Crippen LogP contribution in [0.3, 0.4) is 0 Å². The van der Waals surface area contributed by atoms with E-state index in [0.29, 0.717) is 0 Å². The molecule has 0 N–H and O–H groups in total. The zero-order valence-corrected chi connectivity index (χ0v) is 45.9. The van der Waals surface area contributed by atoms with E-state index < -0.39 is 0 Å². The highest BCUT2D eigenvalue weighted by Gasteiger charge is 2.49. The van der Waals surface area contributed by atoms with Crippen LogP contribution in [-0.4, -0.2) is 4.57 Å². The predicted molar refractivity (Wildman–Crippen MR) is 333 cm³/mol. The third kappa shape index (κ3) is 5.85. The lowest BCUT2D eigenvalue weighted by Crippen LogP contribution is -2.24.